The number of piperidine rings is 1. The second-order valence-electron chi connectivity index (χ2n) is 6.61. The van der Waals surface area contributed by atoms with Crippen LogP contribution in [0.4, 0.5) is 19.0 Å². The first-order chi connectivity index (χ1) is 13.7. The maximum atomic E-state index is 14.9. The van der Waals surface area contributed by atoms with E-state index in [2.05, 4.69) is 10.3 Å². The van der Waals surface area contributed by atoms with Gasteiger partial charge in [-0.15, -0.1) is 0 Å². The fourth-order valence-corrected chi connectivity index (χ4v) is 3.16. The number of carbonyl (C=O) groups is 2. The number of nitrogens with one attached hydrogen (secondary N) is 1. The number of nitrogens with zero attached hydrogens (tertiary/aromatic N) is 2. The minimum absolute atomic E-state index is 0.00359. The molecule has 29 heavy (non-hydrogen) atoms. The Morgan fingerprint density at radius 1 is 1.21 bits per heavy atom. The van der Waals surface area contributed by atoms with Crippen LogP contribution in [-0.2, 0) is 10.7 Å². The van der Waals surface area contributed by atoms with E-state index < -0.39 is 35.2 Å². The standard InChI is InChI=1S/C19H17ClF3N3O3/c20-15-3-1-11(17(28)25-16-4-2-12(21)10-24-16)9-14(15)19(22,23)18(29)26-7-5-13(27)6-8-26/h1-4,9-10,13,27H,5-8H2,(H,24,25,28). The van der Waals surface area contributed by atoms with Crippen LogP contribution in [0.1, 0.15) is 28.8 Å². The molecule has 0 aliphatic carbocycles. The lowest BCUT2D eigenvalue weighted by Gasteiger charge is -2.32. The van der Waals surface area contributed by atoms with E-state index in [9.17, 15) is 27.9 Å². The molecule has 1 fully saturated rings. The zero-order valence-electron chi connectivity index (χ0n) is 15.0. The Morgan fingerprint density at radius 2 is 1.90 bits per heavy atom. The highest BCUT2D eigenvalue weighted by Crippen LogP contribution is 2.36. The molecule has 1 aliphatic rings. The monoisotopic (exact) mass is 427 g/mol. The summed E-state index contributed by atoms with van der Waals surface area (Å²) >= 11 is 5.89. The van der Waals surface area contributed by atoms with Gasteiger partial charge in [0.1, 0.15) is 11.6 Å². The summed E-state index contributed by atoms with van der Waals surface area (Å²) in [5, 5.41) is 11.5. The SMILES string of the molecule is O=C(Nc1ccc(F)cn1)c1ccc(Cl)c(C(F)(F)C(=O)N2CCC(O)CC2)c1. The van der Waals surface area contributed by atoms with Gasteiger partial charge in [-0.3, -0.25) is 9.59 Å². The molecule has 0 bridgehead atoms. The molecule has 2 N–H and O–H groups in total. The van der Waals surface area contributed by atoms with Gasteiger partial charge in [-0.2, -0.15) is 8.78 Å². The van der Waals surface area contributed by atoms with E-state index in [1.807, 2.05) is 0 Å². The summed E-state index contributed by atoms with van der Waals surface area (Å²) in [6.07, 6.45) is 0.694. The highest BCUT2D eigenvalue weighted by molar-refractivity contribution is 6.32. The van der Waals surface area contributed by atoms with Gasteiger partial charge in [-0.1, -0.05) is 11.6 Å². The summed E-state index contributed by atoms with van der Waals surface area (Å²) in [5.41, 5.74) is -0.966. The van der Waals surface area contributed by atoms with Crippen molar-refractivity contribution in [3.05, 3.63) is 58.5 Å². The van der Waals surface area contributed by atoms with Crippen LogP contribution in [0.25, 0.3) is 0 Å². The molecule has 2 heterocycles. The molecule has 154 valence electrons. The lowest BCUT2D eigenvalue weighted by Crippen LogP contribution is -2.47. The lowest BCUT2D eigenvalue weighted by molar-refractivity contribution is -0.161. The Bertz CT molecular complexity index is 917. The molecule has 0 spiro atoms. The van der Waals surface area contributed by atoms with Gasteiger partial charge in [0.15, 0.2) is 0 Å². The molecule has 2 amide bonds. The van der Waals surface area contributed by atoms with E-state index in [4.69, 9.17) is 11.6 Å². The van der Waals surface area contributed by atoms with E-state index >= 15 is 0 Å². The average molecular weight is 428 g/mol. The van der Waals surface area contributed by atoms with Gasteiger partial charge in [0.2, 0.25) is 0 Å². The van der Waals surface area contributed by atoms with Crippen molar-refractivity contribution >= 4 is 29.2 Å². The second kappa shape index (κ2) is 8.38. The second-order valence-corrected chi connectivity index (χ2v) is 7.02. The fraction of sp³-hybridized carbons (Fsp3) is 0.316. The van der Waals surface area contributed by atoms with E-state index in [1.54, 1.807) is 0 Å². The summed E-state index contributed by atoms with van der Waals surface area (Å²) in [5.74, 6) is -6.73. The first kappa shape index (κ1) is 21.1. The number of hydrogen-bond acceptors (Lipinski definition) is 4. The number of aliphatic hydroxyl groups is 1. The number of aliphatic hydroxyl groups excluding tert-OH is 1. The van der Waals surface area contributed by atoms with Gasteiger partial charge in [0.05, 0.1) is 22.9 Å². The quantitative estimate of drug-likeness (QED) is 0.785. The van der Waals surface area contributed by atoms with Crippen molar-refractivity contribution in [2.45, 2.75) is 24.9 Å². The predicted molar refractivity (Wildman–Crippen MR) is 99.3 cm³/mol. The number of anilines is 1. The topological polar surface area (TPSA) is 82.5 Å². The molecule has 6 nitrogen and oxygen atoms in total. The summed E-state index contributed by atoms with van der Waals surface area (Å²) in [7, 11) is 0. The maximum Gasteiger partial charge on any atom is 0.351 e. The molecule has 1 aromatic carbocycles. The van der Waals surface area contributed by atoms with Crippen LogP contribution in [0.15, 0.2) is 36.5 Å². The van der Waals surface area contributed by atoms with Crippen molar-refractivity contribution < 1.29 is 27.9 Å². The van der Waals surface area contributed by atoms with Crippen molar-refractivity contribution in [2.75, 3.05) is 18.4 Å². The minimum atomic E-state index is -3.95. The fourth-order valence-electron chi connectivity index (χ4n) is 2.93. The number of carbonyl (C=O) groups excluding carboxylic acids is 2. The highest BCUT2D eigenvalue weighted by atomic mass is 35.5. The van der Waals surface area contributed by atoms with Gasteiger partial charge in [0.25, 0.3) is 11.8 Å². The number of halogens is 4. The smallest absolute Gasteiger partial charge is 0.351 e. The molecule has 1 aromatic heterocycles. The molecule has 0 unspecified atom stereocenters. The number of alkyl halides is 2. The molecule has 2 aromatic rings. The summed E-state index contributed by atoms with van der Waals surface area (Å²) in [6, 6.07) is 5.47. The van der Waals surface area contributed by atoms with E-state index in [0.717, 1.165) is 29.3 Å². The number of benzene rings is 1. The van der Waals surface area contributed by atoms with E-state index in [-0.39, 0.29) is 42.3 Å². The highest BCUT2D eigenvalue weighted by Gasteiger charge is 2.46. The number of pyridine rings is 1. The van der Waals surface area contributed by atoms with Gasteiger partial charge in [0, 0.05) is 18.7 Å². The Balaban J connectivity index is 1.82. The van der Waals surface area contributed by atoms with Crippen molar-refractivity contribution in [1.29, 1.82) is 0 Å². The molecule has 1 aliphatic heterocycles. The zero-order chi connectivity index (χ0) is 21.2. The molecule has 3 rings (SSSR count). The number of rotatable bonds is 4. The van der Waals surface area contributed by atoms with Crippen molar-refractivity contribution in [3.63, 3.8) is 0 Å². The lowest BCUT2D eigenvalue weighted by atomic mass is 10.0. The zero-order valence-corrected chi connectivity index (χ0v) is 15.8. The van der Waals surface area contributed by atoms with Crippen molar-refractivity contribution in [3.8, 4) is 0 Å². The third-order valence-corrected chi connectivity index (χ3v) is 4.89. The molecule has 0 saturated carbocycles. The van der Waals surface area contributed by atoms with Crippen LogP contribution in [0.3, 0.4) is 0 Å². The minimum Gasteiger partial charge on any atom is -0.393 e. The van der Waals surface area contributed by atoms with Gasteiger partial charge < -0.3 is 15.3 Å². The van der Waals surface area contributed by atoms with E-state index in [0.29, 0.717) is 0 Å². The molecular formula is C19H17ClF3N3O3. The molecule has 0 radical (unpaired) electrons. The van der Waals surface area contributed by atoms with Crippen molar-refractivity contribution in [2.24, 2.45) is 0 Å². The van der Waals surface area contributed by atoms with Gasteiger partial charge in [-0.25, -0.2) is 9.37 Å². The average Bonchev–Trinajstić information content (AvgIpc) is 2.70. The summed E-state index contributed by atoms with van der Waals surface area (Å²) < 4.78 is 42.7. The third kappa shape index (κ3) is 4.68. The van der Waals surface area contributed by atoms with Crippen LogP contribution in [0.2, 0.25) is 5.02 Å². The van der Waals surface area contributed by atoms with Gasteiger partial charge in [-0.05, 0) is 43.2 Å². The van der Waals surface area contributed by atoms with E-state index in [1.165, 1.54) is 12.1 Å². The summed E-state index contributed by atoms with van der Waals surface area (Å²) in [6.45, 7) is 0.00719. The molecule has 0 atom stereocenters. The van der Waals surface area contributed by atoms with Gasteiger partial charge >= 0.3 is 5.92 Å². The number of aromatic nitrogens is 1. The van der Waals surface area contributed by atoms with Crippen molar-refractivity contribution in [1.82, 2.24) is 9.88 Å². The number of likely N-dealkylation sites (tertiary alicyclic amines) is 1. The largest absolute Gasteiger partial charge is 0.393 e. The number of amides is 2. The number of hydrogen-bond donors (Lipinski definition) is 2. The third-order valence-electron chi connectivity index (χ3n) is 4.56. The van der Waals surface area contributed by atoms with Crippen LogP contribution in [0.5, 0.6) is 0 Å². The van der Waals surface area contributed by atoms with Crippen LogP contribution in [0, 0.1) is 5.82 Å². The first-order valence-corrected chi connectivity index (χ1v) is 9.14. The Hall–Kier alpha value is -2.65. The first-order valence-electron chi connectivity index (χ1n) is 8.76. The molecule has 10 heteroatoms. The predicted octanol–water partition coefficient (Wildman–Crippen LogP) is 3.20. The normalized spacial score (nSPS) is 15.3. The molecule has 1 saturated heterocycles. The Morgan fingerprint density at radius 3 is 2.52 bits per heavy atom. The maximum absolute atomic E-state index is 14.9. The summed E-state index contributed by atoms with van der Waals surface area (Å²) in [4.78, 5) is 29.4. The Kier molecular flexibility index (Phi) is 6.09. The Labute approximate surface area is 169 Å². The van der Waals surface area contributed by atoms with Crippen LogP contribution >= 0.6 is 11.6 Å². The molecular weight excluding hydrogens is 411 g/mol. The van der Waals surface area contributed by atoms with Crippen LogP contribution in [-0.4, -0.2) is 46.0 Å². The van der Waals surface area contributed by atoms with Crippen LogP contribution < -0.4 is 5.32 Å².